The maximum absolute atomic E-state index is 12.0. The number of diazo groups is 1. The summed E-state index contributed by atoms with van der Waals surface area (Å²) in [5, 5.41) is 12.8. The van der Waals surface area contributed by atoms with Gasteiger partial charge in [0.05, 0.1) is 12.1 Å². The largest absolute Gasteiger partial charge is 0.490 e. The molecule has 0 aromatic carbocycles. The van der Waals surface area contributed by atoms with Crippen LogP contribution in [0.15, 0.2) is 21.5 Å². The van der Waals surface area contributed by atoms with E-state index in [1.54, 1.807) is 4.90 Å². The van der Waals surface area contributed by atoms with E-state index >= 15 is 0 Å². The smallest absolute Gasteiger partial charge is 0.393 e. The van der Waals surface area contributed by atoms with Crippen molar-refractivity contribution in [3.05, 3.63) is 33.4 Å². The van der Waals surface area contributed by atoms with E-state index in [0.717, 1.165) is 24.1 Å². The van der Waals surface area contributed by atoms with Crippen molar-refractivity contribution in [2.24, 2.45) is 0 Å². The van der Waals surface area contributed by atoms with Crippen molar-refractivity contribution >= 4 is 6.03 Å². The van der Waals surface area contributed by atoms with Gasteiger partial charge in [-0.05, 0) is 12.8 Å². The average molecular weight is 279 g/mol. The lowest BCUT2D eigenvalue weighted by Gasteiger charge is -2.14. The number of carbonyl (C=O) groups is 1. The number of hydrogen-bond donors (Lipinski definition) is 0. The van der Waals surface area contributed by atoms with Crippen molar-refractivity contribution in [1.82, 2.24) is 9.91 Å². The molecular formula is C12H15N4O4+. The monoisotopic (exact) mass is 279 g/mol. The van der Waals surface area contributed by atoms with Crippen LogP contribution >= 0.6 is 0 Å². The predicted octanol–water partition coefficient (Wildman–Crippen LogP) is 1.43. The van der Waals surface area contributed by atoms with Gasteiger partial charge in [0, 0.05) is 19.2 Å². The van der Waals surface area contributed by atoms with Gasteiger partial charge in [0.15, 0.2) is 6.54 Å². The minimum absolute atomic E-state index is 0.0760. The lowest BCUT2D eigenvalue weighted by Crippen LogP contribution is -2.37. The third-order valence-corrected chi connectivity index (χ3v) is 3.08. The van der Waals surface area contributed by atoms with E-state index in [1.165, 1.54) is 13.2 Å². The number of amides is 2. The molecule has 0 aliphatic carbocycles. The Bertz CT molecular complexity index is 586. The van der Waals surface area contributed by atoms with Gasteiger partial charge in [-0.15, -0.1) is 0 Å². The Morgan fingerprint density at radius 2 is 2.25 bits per heavy atom. The maximum atomic E-state index is 12.0. The molecule has 8 heteroatoms. The molecular weight excluding hydrogens is 264 g/mol. The van der Waals surface area contributed by atoms with Crippen molar-refractivity contribution in [2.75, 3.05) is 20.2 Å². The third-order valence-electron chi connectivity index (χ3n) is 3.08. The summed E-state index contributed by atoms with van der Waals surface area (Å²) in [6, 6.07) is 0.789. The summed E-state index contributed by atoms with van der Waals surface area (Å²) in [5.74, 6) is 0.285. The van der Waals surface area contributed by atoms with E-state index < -0.39 is 6.03 Å². The highest BCUT2D eigenvalue weighted by atomic mass is 16.5. The van der Waals surface area contributed by atoms with E-state index in [4.69, 9.17) is 14.5 Å². The van der Waals surface area contributed by atoms with Crippen LogP contribution in [0.3, 0.4) is 0 Å². The Labute approximate surface area is 115 Å². The van der Waals surface area contributed by atoms with Gasteiger partial charge in [-0.2, -0.15) is 0 Å². The first-order valence-electron chi connectivity index (χ1n) is 6.23. The first kappa shape index (κ1) is 13.9. The molecule has 1 aromatic rings. The molecule has 8 nitrogen and oxygen atoms in total. The topological polar surface area (TPSA) is 91.1 Å². The van der Waals surface area contributed by atoms with Crippen LogP contribution in [-0.2, 0) is 6.54 Å². The van der Waals surface area contributed by atoms with Gasteiger partial charge in [-0.25, -0.2) is 4.79 Å². The molecule has 0 N–H and O–H groups in total. The summed E-state index contributed by atoms with van der Waals surface area (Å²) in [5.41, 5.74) is -0.361. The van der Waals surface area contributed by atoms with Gasteiger partial charge in [0.1, 0.15) is 12.0 Å². The summed E-state index contributed by atoms with van der Waals surface area (Å²) in [7, 11) is 1.36. The van der Waals surface area contributed by atoms with Crippen molar-refractivity contribution in [3.8, 4) is 5.75 Å². The summed E-state index contributed by atoms with van der Waals surface area (Å²) in [4.78, 5) is 25.2. The maximum Gasteiger partial charge on any atom is 0.393 e. The van der Waals surface area contributed by atoms with E-state index in [-0.39, 0.29) is 23.5 Å². The van der Waals surface area contributed by atoms with Gasteiger partial charge >= 0.3 is 11.1 Å². The number of likely N-dealkylation sites (tertiary alicyclic amines) is 1. The Morgan fingerprint density at radius 3 is 2.80 bits per heavy atom. The van der Waals surface area contributed by atoms with Crippen LogP contribution in [0.1, 0.15) is 18.6 Å². The van der Waals surface area contributed by atoms with Gasteiger partial charge in [-0.3, -0.25) is 4.79 Å². The molecule has 0 radical (unpaired) electrons. The minimum atomic E-state index is -0.413. The molecule has 0 spiro atoms. The van der Waals surface area contributed by atoms with Crippen molar-refractivity contribution in [1.29, 1.82) is 5.39 Å². The second-order valence-electron chi connectivity index (χ2n) is 4.40. The highest BCUT2D eigenvalue weighted by Gasteiger charge is 2.32. The zero-order valence-corrected chi connectivity index (χ0v) is 11.1. The molecule has 1 fully saturated rings. The fourth-order valence-electron chi connectivity index (χ4n) is 2.03. The molecule has 0 bridgehead atoms. The summed E-state index contributed by atoms with van der Waals surface area (Å²) in [6.07, 6.45) is 3.03. The van der Waals surface area contributed by atoms with Gasteiger partial charge in [-0.1, -0.05) is 0 Å². The molecule has 2 heterocycles. The van der Waals surface area contributed by atoms with Gasteiger partial charge in [0.2, 0.25) is 11.2 Å². The first-order chi connectivity index (χ1) is 9.65. The SMILES string of the molecule is COc1coc(CN([N+]#N)C(=O)N2CCCC2)cc1=O. The highest BCUT2D eigenvalue weighted by molar-refractivity contribution is 5.75. The number of nitrogens with zero attached hydrogens (tertiary/aromatic N) is 4. The Kier molecular flexibility index (Phi) is 4.20. The molecule has 1 aliphatic heterocycles. The lowest BCUT2D eigenvalue weighted by molar-refractivity contribution is 0.172. The number of rotatable bonds is 3. The van der Waals surface area contributed by atoms with Crippen LogP contribution in [0.4, 0.5) is 4.79 Å². The predicted molar refractivity (Wildman–Crippen MR) is 68.4 cm³/mol. The van der Waals surface area contributed by atoms with Gasteiger partial charge < -0.3 is 14.1 Å². The highest BCUT2D eigenvalue weighted by Crippen LogP contribution is 2.14. The molecule has 20 heavy (non-hydrogen) atoms. The minimum Gasteiger partial charge on any atom is -0.490 e. The summed E-state index contributed by atoms with van der Waals surface area (Å²) < 4.78 is 9.96. The zero-order chi connectivity index (χ0) is 14.5. The van der Waals surface area contributed by atoms with Gasteiger partial charge in [0.25, 0.3) is 5.39 Å². The number of hydrogen-bond acceptors (Lipinski definition) is 5. The van der Waals surface area contributed by atoms with Crippen LogP contribution in [-0.4, -0.2) is 36.1 Å². The number of carbonyl (C=O) groups excluding carboxylic acids is 1. The Hall–Kier alpha value is -2.56. The average Bonchev–Trinajstić information content (AvgIpc) is 2.98. The van der Waals surface area contributed by atoms with Crippen LogP contribution in [0, 0.1) is 5.39 Å². The van der Waals surface area contributed by atoms with Crippen LogP contribution < -0.4 is 10.2 Å². The fourth-order valence-corrected chi connectivity index (χ4v) is 2.03. The first-order valence-corrected chi connectivity index (χ1v) is 6.23. The van der Waals surface area contributed by atoms with Crippen molar-refractivity contribution < 1.29 is 13.9 Å². The molecule has 2 rings (SSSR count). The molecule has 2 amide bonds. The normalized spacial score (nSPS) is 13.9. The second-order valence-corrected chi connectivity index (χ2v) is 4.40. The zero-order valence-electron chi connectivity index (χ0n) is 11.1. The second kappa shape index (κ2) is 6.06. The van der Waals surface area contributed by atoms with E-state index in [2.05, 4.69) is 5.08 Å². The van der Waals surface area contributed by atoms with E-state index in [1.807, 2.05) is 0 Å². The molecule has 0 unspecified atom stereocenters. The summed E-state index contributed by atoms with van der Waals surface area (Å²) >= 11 is 0. The molecule has 106 valence electrons. The number of methoxy groups -OCH3 is 1. The Morgan fingerprint density at radius 1 is 1.55 bits per heavy atom. The molecule has 1 saturated heterocycles. The van der Waals surface area contributed by atoms with Crippen molar-refractivity contribution in [3.63, 3.8) is 0 Å². The lowest BCUT2D eigenvalue weighted by atomic mass is 10.3. The van der Waals surface area contributed by atoms with Crippen LogP contribution in [0.5, 0.6) is 5.75 Å². The molecule has 1 aromatic heterocycles. The quantitative estimate of drug-likeness (QED) is 0.616. The van der Waals surface area contributed by atoms with E-state index in [9.17, 15) is 9.59 Å². The van der Waals surface area contributed by atoms with Crippen molar-refractivity contribution in [2.45, 2.75) is 19.4 Å². The van der Waals surface area contributed by atoms with Crippen LogP contribution in [0.25, 0.3) is 5.08 Å². The Balaban J connectivity index is 2.10. The molecule has 0 saturated carbocycles. The number of urea groups is 1. The molecule has 1 aliphatic rings. The molecule has 0 atom stereocenters. The number of ether oxygens (including phenoxy) is 1. The standard InChI is InChI=1S/C12H15N4O4/c1-19-11-8-20-9(6-10(11)17)7-16(14-13)12(18)15-4-2-3-5-15/h6,8H,2-5,7H2,1H3/q+1. The summed E-state index contributed by atoms with van der Waals surface area (Å²) in [6.45, 7) is 1.15. The fraction of sp³-hybridized carbons (Fsp3) is 0.500. The third kappa shape index (κ3) is 2.88. The van der Waals surface area contributed by atoms with E-state index in [0.29, 0.717) is 13.1 Å². The van der Waals surface area contributed by atoms with Crippen LogP contribution in [0.2, 0.25) is 0 Å².